The van der Waals surface area contributed by atoms with Gasteiger partial charge in [-0.1, -0.05) is 17.3 Å². The van der Waals surface area contributed by atoms with Crippen LogP contribution in [0.4, 0.5) is 5.69 Å². The smallest absolute Gasteiger partial charge is 0.124 e. The van der Waals surface area contributed by atoms with Crippen LogP contribution in [0.1, 0.15) is 25.1 Å². The fourth-order valence-corrected chi connectivity index (χ4v) is 2.08. The van der Waals surface area contributed by atoms with E-state index in [9.17, 15) is 0 Å². The number of nitrogens with zero attached hydrogens (tertiary/aromatic N) is 2. The Balaban J connectivity index is 1.84. The molecule has 0 spiro atoms. The number of aromatic nitrogens is 1. The molecule has 102 valence electrons. The summed E-state index contributed by atoms with van der Waals surface area (Å²) >= 11 is 0. The predicted octanol–water partition coefficient (Wildman–Crippen LogP) is 2.81. The zero-order valence-corrected chi connectivity index (χ0v) is 11.6. The van der Waals surface area contributed by atoms with Gasteiger partial charge in [0.25, 0.3) is 0 Å². The quantitative estimate of drug-likeness (QED) is 0.830. The number of rotatable bonds is 7. The summed E-state index contributed by atoms with van der Waals surface area (Å²) in [5.41, 5.74) is 3.49. The highest BCUT2D eigenvalue weighted by Crippen LogP contribution is 2.14. The van der Waals surface area contributed by atoms with Crippen molar-refractivity contribution < 1.29 is 4.52 Å². The monoisotopic (exact) mass is 259 g/mol. The van der Waals surface area contributed by atoms with Crippen molar-refractivity contribution in [2.45, 2.75) is 26.9 Å². The third-order valence-corrected chi connectivity index (χ3v) is 3.19. The molecule has 1 aromatic carbocycles. The van der Waals surface area contributed by atoms with Crippen LogP contribution in [-0.2, 0) is 13.1 Å². The van der Waals surface area contributed by atoms with Gasteiger partial charge in [-0.05, 0) is 31.5 Å². The minimum atomic E-state index is 0.730. The molecule has 0 aliphatic rings. The Kier molecular flexibility index (Phi) is 4.98. The topological polar surface area (TPSA) is 41.3 Å². The highest BCUT2D eigenvalue weighted by molar-refractivity contribution is 5.47. The second kappa shape index (κ2) is 6.95. The zero-order chi connectivity index (χ0) is 13.5. The normalized spacial score (nSPS) is 10.6. The standard InChI is InChI=1S/C15H21N3O/c1-3-18(4-2)15-7-5-13(6-8-15)11-16-12-14-9-10-19-17-14/h5-10,16H,3-4,11-12H2,1-2H3. The molecule has 0 aliphatic heterocycles. The first kappa shape index (κ1) is 13.6. The maximum Gasteiger partial charge on any atom is 0.124 e. The van der Waals surface area contributed by atoms with E-state index < -0.39 is 0 Å². The van der Waals surface area contributed by atoms with Crippen LogP contribution in [0.15, 0.2) is 41.1 Å². The minimum Gasteiger partial charge on any atom is -0.372 e. The third-order valence-electron chi connectivity index (χ3n) is 3.19. The molecular weight excluding hydrogens is 238 g/mol. The summed E-state index contributed by atoms with van der Waals surface area (Å²) in [4.78, 5) is 2.34. The molecule has 4 heteroatoms. The predicted molar refractivity (Wildman–Crippen MR) is 77.0 cm³/mol. The summed E-state index contributed by atoms with van der Waals surface area (Å²) in [5, 5.41) is 7.21. The molecule has 0 aliphatic carbocycles. The van der Waals surface area contributed by atoms with Crippen molar-refractivity contribution in [1.82, 2.24) is 10.5 Å². The van der Waals surface area contributed by atoms with E-state index >= 15 is 0 Å². The number of anilines is 1. The molecule has 0 fully saturated rings. The van der Waals surface area contributed by atoms with Gasteiger partial charge in [-0.3, -0.25) is 0 Å². The molecule has 0 amide bonds. The van der Waals surface area contributed by atoms with Crippen LogP contribution in [0.5, 0.6) is 0 Å². The number of hydrogen-bond donors (Lipinski definition) is 1. The SMILES string of the molecule is CCN(CC)c1ccc(CNCc2ccon2)cc1. The van der Waals surface area contributed by atoms with E-state index in [4.69, 9.17) is 4.52 Å². The third kappa shape index (κ3) is 3.83. The molecule has 0 radical (unpaired) electrons. The Hall–Kier alpha value is -1.81. The van der Waals surface area contributed by atoms with Crippen molar-refractivity contribution in [3.05, 3.63) is 47.9 Å². The van der Waals surface area contributed by atoms with Gasteiger partial charge in [0.05, 0.1) is 5.69 Å². The first-order valence-corrected chi connectivity index (χ1v) is 6.77. The number of hydrogen-bond acceptors (Lipinski definition) is 4. The van der Waals surface area contributed by atoms with Crippen molar-refractivity contribution in [1.29, 1.82) is 0 Å². The first-order valence-electron chi connectivity index (χ1n) is 6.77. The highest BCUT2D eigenvalue weighted by Gasteiger charge is 2.01. The van der Waals surface area contributed by atoms with Gasteiger partial charge in [-0.15, -0.1) is 0 Å². The molecule has 1 N–H and O–H groups in total. The number of nitrogens with one attached hydrogen (secondary N) is 1. The minimum absolute atomic E-state index is 0.730. The van der Waals surface area contributed by atoms with Crippen LogP contribution in [0.25, 0.3) is 0 Å². The van der Waals surface area contributed by atoms with Gasteiger partial charge in [0.15, 0.2) is 0 Å². The molecule has 19 heavy (non-hydrogen) atoms. The molecule has 4 nitrogen and oxygen atoms in total. The second-order valence-electron chi connectivity index (χ2n) is 4.43. The molecule has 1 aromatic heterocycles. The Morgan fingerprint density at radius 2 is 1.79 bits per heavy atom. The lowest BCUT2D eigenvalue weighted by Gasteiger charge is -2.21. The largest absolute Gasteiger partial charge is 0.372 e. The lowest BCUT2D eigenvalue weighted by atomic mass is 10.2. The molecular formula is C15H21N3O. The Bertz CT molecular complexity index is 461. The Morgan fingerprint density at radius 3 is 2.37 bits per heavy atom. The summed E-state index contributed by atoms with van der Waals surface area (Å²) < 4.78 is 4.79. The molecule has 0 atom stereocenters. The van der Waals surface area contributed by atoms with Crippen molar-refractivity contribution in [3.8, 4) is 0 Å². The summed E-state index contributed by atoms with van der Waals surface area (Å²) in [6.45, 7) is 8.01. The van der Waals surface area contributed by atoms with E-state index in [0.29, 0.717) is 0 Å². The van der Waals surface area contributed by atoms with E-state index in [-0.39, 0.29) is 0 Å². The fourth-order valence-electron chi connectivity index (χ4n) is 2.08. The Morgan fingerprint density at radius 1 is 1.05 bits per heavy atom. The van der Waals surface area contributed by atoms with E-state index in [0.717, 1.165) is 31.9 Å². The van der Waals surface area contributed by atoms with Crippen molar-refractivity contribution in [2.24, 2.45) is 0 Å². The molecule has 2 rings (SSSR count). The van der Waals surface area contributed by atoms with Crippen molar-refractivity contribution in [2.75, 3.05) is 18.0 Å². The molecule has 0 saturated carbocycles. The van der Waals surface area contributed by atoms with Gasteiger partial charge in [0.1, 0.15) is 6.26 Å². The van der Waals surface area contributed by atoms with E-state index in [2.05, 4.69) is 53.5 Å². The van der Waals surface area contributed by atoms with Crippen molar-refractivity contribution >= 4 is 5.69 Å². The fraction of sp³-hybridized carbons (Fsp3) is 0.400. The molecule has 0 bridgehead atoms. The van der Waals surface area contributed by atoms with Gasteiger partial charge >= 0.3 is 0 Å². The second-order valence-corrected chi connectivity index (χ2v) is 4.43. The molecule has 1 heterocycles. The van der Waals surface area contributed by atoms with E-state index in [1.54, 1.807) is 6.26 Å². The van der Waals surface area contributed by atoms with Crippen LogP contribution in [0.2, 0.25) is 0 Å². The van der Waals surface area contributed by atoms with Crippen LogP contribution < -0.4 is 10.2 Å². The van der Waals surface area contributed by atoms with Crippen LogP contribution in [0.3, 0.4) is 0 Å². The summed E-state index contributed by atoms with van der Waals surface area (Å²) in [6, 6.07) is 10.6. The van der Waals surface area contributed by atoms with Gasteiger partial charge in [-0.2, -0.15) is 0 Å². The number of benzene rings is 1. The van der Waals surface area contributed by atoms with Crippen LogP contribution in [0, 0.1) is 0 Å². The zero-order valence-electron chi connectivity index (χ0n) is 11.6. The molecule has 2 aromatic rings. The van der Waals surface area contributed by atoms with Gasteiger partial charge in [-0.25, -0.2) is 0 Å². The summed E-state index contributed by atoms with van der Waals surface area (Å²) in [6.07, 6.45) is 1.59. The lowest BCUT2D eigenvalue weighted by molar-refractivity contribution is 0.408. The maximum absolute atomic E-state index is 4.79. The van der Waals surface area contributed by atoms with Crippen LogP contribution in [-0.4, -0.2) is 18.2 Å². The van der Waals surface area contributed by atoms with Gasteiger partial charge in [0.2, 0.25) is 0 Å². The first-order chi connectivity index (χ1) is 9.33. The van der Waals surface area contributed by atoms with E-state index in [1.807, 2.05) is 6.07 Å². The average Bonchev–Trinajstić information content (AvgIpc) is 2.95. The van der Waals surface area contributed by atoms with Gasteiger partial charge < -0.3 is 14.7 Å². The van der Waals surface area contributed by atoms with Crippen molar-refractivity contribution in [3.63, 3.8) is 0 Å². The molecule has 0 saturated heterocycles. The van der Waals surface area contributed by atoms with E-state index in [1.165, 1.54) is 11.3 Å². The van der Waals surface area contributed by atoms with Crippen LogP contribution >= 0.6 is 0 Å². The highest BCUT2D eigenvalue weighted by atomic mass is 16.5. The molecule has 0 unspecified atom stereocenters. The lowest BCUT2D eigenvalue weighted by Crippen LogP contribution is -2.21. The Labute approximate surface area is 114 Å². The summed E-state index contributed by atoms with van der Waals surface area (Å²) in [5.74, 6) is 0. The average molecular weight is 259 g/mol. The maximum atomic E-state index is 4.79. The summed E-state index contributed by atoms with van der Waals surface area (Å²) in [7, 11) is 0. The van der Waals surface area contributed by atoms with Gasteiger partial charge in [0, 0.05) is 37.9 Å².